The average Bonchev–Trinajstić information content (AvgIpc) is 2.53. The lowest BCUT2D eigenvalue weighted by molar-refractivity contribution is -0.384. The normalized spacial score (nSPS) is 10.1. The Morgan fingerprint density at radius 2 is 1.91 bits per heavy atom. The lowest BCUT2D eigenvalue weighted by atomic mass is 10.2. The molecule has 120 valence electrons. The van der Waals surface area contributed by atoms with Crippen molar-refractivity contribution in [1.82, 2.24) is 0 Å². The van der Waals surface area contributed by atoms with Crippen LogP contribution in [0.15, 0.2) is 42.5 Å². The Morgan fingerprint density at radius 3 is 2.52 bits per heavy atom. The molecule has 0 amide bonds. The highest BCUT2D eigenvalue weighted by molar-refractivity contribution is 5.94. The second-order valence-electron chi connectivity index (χ2n) is 4.74. The van der Waals surface area contributed by atoms with Gasteiger partial charge in [-0.25, -0.2) is 4.79 Å². The predicted molar refractivity (Wildman–Crippen MR) is 84.7 cm³/mol. The summed E-state index contributed by atoms with van der Waals surface area (Å²) in [5, 5.41) is 10.6. The Morgan fingerprint density at radius 1 is 1.22 bits per heavy atom. The highest BCUT2D eigenvalue weighted by Crippen LogP contribution is 2.25. The standard InChI is InChI=1S/C16H16N2O5/c1-2-9-22-15-10-11(17)3-8-14(15)16(19)23-13-6-4-12(5-7-13)18(20)21/h3-8,10H,2,9,17H2,1H3. The largest absolute Gasteiger partial charge is 0.493 e. The molecule has 0 heterocycles. The van der Waals surface area contributed by atoms with Crippen LogP contribution >= 0.6 is 0 Å². The number of anilines is 1. The van der Waals surface area contributed by atoms with Gasteiger partial charge in [0.25, 0.3) is 5.69 Å². The zero-order chi connectivity index (χ0) is 16.8. The summed E-state index contributed by atoms with van der Waals surface area (Å²) in [7, 11) is 0. The van der Waals surface area contributed by atoms with E-state index in [1.807, 2.05) is 6.92 Å². The molecule has 0 atom stereocenters. The molecule has 0 aromatic heterocycles. The first kappa shape index (κ1) is 16.3. The van der Waals surface area contributed by atoms with E-state index in [0.717, 1.165) is 6.42 Å². The molecule has 23 heavy (non-hydrogen) atoms. The van der Waals surface area contributed by atoms with Gasteiger partial charge < -0.3 is 15.2 Å². The summed E-state index contributed by atoms with van der Waals surface area (Å²) in [5.74, 6) is -0.0671. The summed E-state index contributed by atoms with van der Waals surface area (Å²) in [6.45, 7) is 2.39. The van der Waals surface area contributed by atoms with Crippen LogP contribution in [0.2, 0.25) is 0 Å². The van der Waals surface area contributed by atoms with Gasteiger partial charge in [-0.15, -0.1) is 0 Å². The van der Waals surface area contributed by atoms with Crippen LogP contribution in [-0.4, -0.2) is 17.5 Å². The minimum absolute atomic E-state index is 0.0794. The van der Waals surface area contributed by atoms with Crippen molar-refractivity contribution in [3.63, 3.8) is 0 Å². The number of carbonyl (C=O) groups is 1. The Bertz CT molecular complexity index is 713. The van der Waals surface area contributed by atoms with Crippen molar-refractivity contribution >= 4 is 17.3 Å². The van der Waals surface area contributed by atoms with E-state index in [1.165, 1.54) is 30.3 Å². The van der Waals surface area contributed by atoms with Crippen molar-refractivity contribution in [2.75, 3.05) is 12.3 Å². The molecule has 2 rings (SSSR count). The molecule has 0 bridgehead atoms. The number of nitrogens with zero attached hydrogens (tertiary/aromatic N) is 1. The quantitative estimate of drug-likeness (QED) is 0.288. The zero-order valence-electron chi connectivity index (χ0n) is 12.5. The molecule has 2 aromatic carbocycles. The highest BCUT2D eigenvalue weighted by atomic mass is 16.6. The van der Waals surface area contributed by atoms with Crippen LogP contribution < -0.4 is 15.2 Å². The van der Waals surface area contributed by atoms with E-state index in [-0.39, 0.29) is 17.0 Å². The van der Waals surface area contributed by atoms with Crippen molar-refractivity contribution in [3.8, 4) is 11.5 Å². The molecule has 0 aliphatic carbocycles. The third-order valence-electron chi connectivity index (χ3n) is 2.95. The van der Waals surface area contributed by atoms with E-state index in [9.17, 15) is 14.9 Å². The number of hydrogen-bond donors (Lipinski definition) is 1. The molecule has 0 saturated heterocycles. The maximum atomic E-state index is 12.3. The SMILES string of the molecule is CCCOc1cc(N)ccc1C(=O)Oc1ccc([N+](=O)[O-])cc1. The fourth-order valence-corrected chi connectivity index (χ4v) is 1.84. The summed E-state index contributed by atoms with van der Waals surface area (Å²) >= 11 is 0. The van der Waals surface area contributed by atoms with Crippen LogP contribution in [0.5, 0.6) is 11.5 Å². The summed E-state index contributed by atoms with van der Waals surface area (Å²) in [5.41, 5.74) is 6.34. The lowest BCUT2D eigenvalue weighted by Gasteiger charge is -2.11. The van der Waals surface area contributed by atoms with Crippen LogP contribution in [0.4, 0.5) is 11.4 Å². The van der Waals surface area contributed by atoms with E-state index in [4.69, 9.17) is 15.2 Å². The smallest absolute Gasteiger partial charge is 0.347 e. The first-order valence-electron chi connectivity index (χ1n) is 7.00. The Kier molecular flexibility index (Phi) is 5.14. The van der Waals surface area contributed by atoms with Crippen molar-refractivity contribution in [2.45, 2.75) is 13.3 Å². The molecule has 0 spiro atoms. The van der Waals surface area contributed by atoms with Crippen LogP contribution in [0.1, 0.15) is 23.7 Å². The van der Waals surface area contributed by atoms with E-state index in [2.05, 4.69) is 0 Å². The van der Waals surface area contributed by atoms with Gasteiger partial charge in [-0.3, -0.25) is 10.1 Å². The van der Waals surface area contributed by atoms with E-state index < -0.39 is 10.9 Å². The number of nitrogen functional groups attached to an aromatic ring is 1. The van der Waals surface area contributed by atoms with Crippen LogP contribution in [-0.2, 0) is 0 Å². The molecular weight excluding hydrogens is 300 g/mol. The number of benzene rings is 2. The van der Waals surface area contributed by atoms with Crippen molar-refractivity contribution in [3.05, 3.63) is 58.1 Å². The topological polar surface area (TPSA) is 105 Å². The first-order chi connectivity index (χ1) is 11.0. The highest BCUT2D eigenvalue weighted by Gasteiger charge is 2.16. The van der Waals surface area contributed by atoms with Crippen LogP contribution in [0.3, 0.4) is 0 Å². The van der Waals surface area contributed by atoms with Crippen molar-refractivity contribution < 1.29 is 19.2 Å². The summed E-state index contributed by atoms with van der Waals surface area (Å²) in [4.78, 5) is 22.3. The number of hydrogen-bond acceptors (Lipinski definition) is 6. The number of nitro groups is 1. The minimum Gasteiger partial charge on any atom is -0.493 e. The molecule has 0 aliphatic heterocycles. The first-order valence-corrected chi connectivity index (χ1v) is 7.00. The Hall–Kier alpha value is -3.09. The molecule has 0 radical (unpaired) electrons. The monoisotopic (exact) mass is 316 g/mol. The van der Waals surface area contributed by atoms with Gasteiger partial charge in [0, 0.05) is 23.9 Å². The van der Waals surface area contributed by atoms with Gasteiger partial charge in [-0.1, -0.05) is 6.92 Å². The van der Waals surface area contributed by atoms with Gasteiger partial charge in [0.2, 0.25) is 0 Å². The molecule has 0 saturated carbocycles. The van der Waals surface area contributed by atoms with Crippen LogP contribution in [0, 0.1) is 10.1 Å². The van der Waals surface area contributed by atoms with Gasteiger partial charge in [0.15, 0.2) is 0 Å². The summed E-state index contributed by atoms with van der Waals surface area (Å²) in [6, 6.07) is 9.90. The number of ether oxygens (including phenoxy) is 2. The van der Waals surface area contributed by atoms with Gasteiger partial charge in [0.1, 0.15) is 17.1 Å². The minimum atomic E-state index is -0.620. The van der Waals surface area contributed by atoms with E-state index >= 15 is 0 Å². The Balaban J connectivity index is 2.18. The molecule has 2 N–H and O–H groups in total. The number of rotatable bonds is 6. The fourth-order valence-electron chi connectivity index (χ4n) is 1.84. The molecule has 0 unspecified atom stereocenters. The van der Waals surface area contributed by atoms with Gasteiger partial charge in [-0.05, 0) is 30.7 Å². The summed E-state index contributed by atoms with van der Waals surface area (Å²) < 4.78 is 10.7. The zero-order valence-corrected chi connectivity index (χ0v) is 12.5. The van der Waals surface area contributed by atoms with Crippen LogP contribution in [0.25, 0.3) is 0 Å². The molecule has 0 aliphatic rings. The molecule has 2 aromatic rings. The molecule has 7 nitrogen and oxygen atoms in total. The predicted octanol–water partition coefficient (Wildman–Crippen LogP) is 3.19. The number of carbonyl (C=O) groups excluding carboxylic acids is 1. The summed E-state index contributed by atoms with van der Waals surface area (Å²) in [6.07, 6.45) is 0.783. The van der Waals surface area contributed by atoms with Crippen molar-refractivity contribution in [2.24, 2.45) is 0 Å². The number of nitrogens with two attached hydrogens (primary N) is 1. The van der Waals surface area contributed by atoms with Crippen molar-refractivity contribution in [1.29, 1.82) is 0 Å². The number of esters is 1. The average molecular weight is 316 g/mol. The fraction of sp³-hybridized carbons (Fsp3) is 0.188. The van der Waals surface area contributed by atoms with Gasteiger partial charge >= 0.3 is 5.97 Å². The second kappa shape index (κ2) is 7.26. The van der Waals surface area contributed by atoms with Gasteiger partial charge in [0.05, 0.1) is 11.5 Å². The van der Waals surface area contributed by atoms with E-state index in [0.29, 0.717) is 18.0 Å². The maximum Gasteiger partial charge on any atom is 0.347 e. The maximum absolute atomic E-state index is 12.3. The van der Waals surface area contributed by atoms with Gasteiger partial charge in [-0.2, -0.15) is 0 Å². The third-order valence-corrected chi connectivity index (χ3v) is 2.95. The third kappa shape index (κ3) is 4.19. The Labute approximate surface area is 132 Å². The van der Waals surface area contributed by atoms with E-state index in [1.54, 1.807) is 12.1 Å². The second-order valence-corrected chi connectivity index (χ2v) is 4.74. The number of non-ortho nitro benzene ring substituents is 1. The molecule has 0 fully saturated rings. The number of nitro benzene ring substituents is 1. The molecule has 7 heteroatoms. The lowest BCUT2D eigenvalue weighted by Crippen LogP contribution is -2.11. The molecular formula is C16H16N2O5.